The summed E-state index contributed by atoms with van der Waals surface area (Å²) in [6.45, 7) is 4.87. The standard InChI is InChI=1S/C65H119NO5/c1-3-5-7-9-11-13-15-17-18-31-35-39-43-47-51-55-59-65(70)71-60-56-52-48-44-40-36-32-29-27-25-23-21-19-20-22-24-26-28-30-34-38-42-46-50-54-58-64(69)66-62(61-67)63(68)57-53-49-45-41-37-33-16-14-12-10-8-6-4-2/h13,15,18,20-23,31,53,57,62-63,67-68H,3-12,14,16-17,19,24-30,32-52,54-56,58-61H2,1-2H3,(H,66,69)/b15-13-,22-20-,23-21-,31-18-,57-53+. The van der Waals surface area contributed by atoms with Gasteiger partial charge in [-0.15, -0.1) is 0 Å². The maximum absolute atomic E-state index is 12.4. The van der Waals surface area contributed by atoms with Crippen LogP contribution in [0.5, 0.6) is 0 Å². The molecule has 0 aromatic heterocycles. The summed E-state index contributed by atoms with van der Waals surface area (Å²) < 4.78 is 5.48. The molecule has 414 valence electrons. The van der Waals surface area contributed by atoms with Crippen molar-refractivity contribution in [2.24, 2.45) is 0 Å². The summed E-state index contributed by atoms with van der Waals surface area (Å²) in [5.41, 5.74) is 0. The van der Waals surface area contributed by atoms with Gasteiger partial charge < -0.3 is 20.3 Å². The van der Waals surface area contributed by atoms with E-state index < -0.39 is 12.1 Å². The molecule has 1 amide bonds. The summed E-state index contributed by atoms with van der Waals surface area (Å²) in [5, 5.41) is 23.1. The van der Waals surface area contributed by atoms with Gasteiger partial charge in [0.2, 0.25) is 5.91 Å². The van der Waals surface area contributed by atoms with E-state index in [1.807, 2.05) is 6.08 Å². The molecule has 3 N–H and O–H groups in total. The van der Waals surface area contributed by atoms with Crippen LogP contribution < -0.4 is 5.32 Å². The van der Waals surface area contributed by atoms with Gasteiger partial charge in [0, 0.05) is 12.8 Å². The number of unbranched alkanes of at least 4 members (excludes halogenated alkanes) is 38. The summed E-state index contributed by atoms with van der Waals surface area (Å²) in [6.07, 6.45) is 78.3. The Kier molecular flexibility index (Phi) is 58.1. The Bertz CT molecular complexity index is 1240. The highest BCUT2D eigenvalue weighted by molar-refractivity contribution is 5.76. The molecule has 0 aliphatic heterocycles. The highest BCUT2D eigenvalue weighted by Gasteiger charge is 2.18. The van der Waals surface area contributed by atoms with Crippen LogP contribution in [-0.4, -0.2) is 47.4 Å². The molecule has 2 atom stereocenters. The molecule has 6 nitrogen and oxygen atoms in total. The second-order valence-corrected chi connectivity index (χ2v) is 21.0. The Hall–Kier alpha value is -2.44. The van der Waals surface area contributed by atoms with E-state index in [4.69, 9.17) is 4.74 Å². The molecule has 0 rings (SSSR count). The molecular formula is C65H119NO5. The molecule has 2 unspecified atom stereocenters. The van der Waals surface area contributed by atoms with Crippen LogP contribution >= 0.6 is 0 Å². The smallest absolute Gasteiger partial charge is 0.305 e. The molecule has 0 heterocycles. The van der Waals surface area contributed by atoms with Crippen LogP contribution in [-0.2, 0) is 14.3 Å². The Morgan fingerprint density at radius 1 is 0.394 bits per heavy atom. The summed E-state index contributed by atoms with van der Waals surface area (Å²) in [5.74, 6) is -0.0806. The van der Waals surface area contributed by atoms with Crippen molar-refractivity contribution in [1.82, 2.24) is 5.32 Å². The van der Waals surface area contributed by atoms with Crippen LogP contribution in [0.4, 0.5) is 0 Å². The van der Waals surface area contributed by atoms with Crippen molar-refractivity contribution in [3.63, 3.8) is 0 Å². The van der Waals surface area contributed by atoms with E-state index >= 15 is 0 Å². The van der Waals surface area contributed by atoms with Crippen LogP contribution in [0, 0.1) is 0 Å². The zero-order chi connectivity index (χ0) is 51.4. The Balaban J connectivity index is 3.46. The van der Waals surface area contributed by atoms with Crippen molar-refractivity contribution >= 4 is 11.9 Å². The number of hydrogen-bond donors (Lipinski definition) is 3. The van der Waals surface area contributed by atoms with Gasteiger partial charge in [0.25, 0.3) is 0 Å². The van der Waals surface area contributed by atoms with Gasteiger partial charge in [-0.1, -0.05) is 267 Å². The number of ether oxygens (including phenoxy) is 1. The molecule has 0 aromatic rings. The molecule has 0 spiro atoms. The summed E-state index contributed by atoms with van der Waals surface area (Å²) >= 11 is 0. The lowest BCUT2D eigenvalue weighted by molar-refractivity contribution is -0.143. The second-order valence-electron chi connectivity index (χ2n) is 21.0. The maximum atomic E-state index is 12.4. The SMILES string of the molecule is CCCCCC/C=C\C/C=C\CCCCCCCC(=O)OCCCCCCCCCCC/C=C\C/C=C\CCCCCCCCCCCC(=O)NC(CO)C(O)/C=C/CCCCCCCCCCCCC. The van der Waals surface area contributed by atoms with E-state index in [0.717, 1.165) is 57.8 Å². The highest BCUT2D eigenvalue weighted by Crippen LogP contribution is 2.16. The first-order chi connectivity index (χ1) is 35.0. The lowest BCUT2D eigenvalue weighted by atomic mass is 10.0. The molecule has 0 fully saturated rings. The largest absolute Gasteiger partial charge is 0.466 e. The number of rotatable bonds is 57. The van der Waals surface area contributed by atoms with Crippen molar-refractivity contribution in [2.75, 3.05) is 13.2 Å². The molecular weight excluding hydrogens is 875 g/mol. The first kappa shape index (κ1) is 68.6. The van der Waals surface area contributed by atoms with E-state index in [-0.39, 0.29) is 18.5 Å². The molecule has 0 saturated heterocycles. The molecule has 6 heteroatoms. The minimum atomic E-state index is -0.849. The second kappa shape index (κ2) is 60.1. The van der Waals surface area contributed by atoms with Crippen LogP contribution in [0.1, 0.15) is 316 Å². The average Bonchev–Trinajstić information content (AvgIpc) is 3.37. The van der Waals surface area contributed by atoms with Gasteiger partial charge in [0.15, 0.2) is 0 Å². The topological polar surface area (TPSA) is 95.9 Å². The zero-order valence-corrected chi connectivity index (χ0v) is 47.2. The van der Waals surface area contributed by atoms with Crippen molar-refractivity contribution in [2.45, 2.75) is 328 Å². The minimum Gasteiger partial charge on any atom is -0.466 e. The van der Waals surface area contributed by atoms with Gasteiger partial charge in [-0.3, -0.25) is 9.59 Å². The lowest BCUT2D eigenvalue weighted by Crippen LogP contribution is -2.45. The fraction of sp³-hybridized carbons (Fsp3) is 0.815. The van der Waals surface area contributed by atoms with Crippen molar-refractivity contribution in [1.29, 1.82) is 0 Å². The fourth-order valence-corrected chi connectivity index (χ4v) is 9.22. The van der Waals surface area contributed by atoms with Gasteiger partial charge in [-0.2, -0.15) is 0 Å². The lowest BCUT2D eigenvalue weighted by Gasteiger charge is -2.20. The number of esters is 1. The first-order valence-electron chi connectivity index (χ1n) is 31.1. The number of carbonyl (C=O) groups is 2. The third-order valence-electron chi connectivity index (χ3n) is 14.0. The summed E-state index contributed by atoms with van der Waals surface area (Å²) in [6, 6.07) is -0.633. The monoisotopic (exact) mass is 994 g/mol. The quantitative estimate of drug-likeness (QED) is 0.0321. The number of carbonyl (C=O) groups excluding carboxylic acids is 2. The van der Waals surface area contributed by atoms with Crippen molar-refractivity contribution < 1.29 is 24.5 Å². The molecule has 0 radical (unpaired) electrons. The van der Waals surface area contributed by atoms with Crippen molar-refractivity contribution in [3.8, 4) is 0 Å². The third kappa shape index (κ3) is 56.7. The Morgan fingerprint density at radius 2 is 0.704 bits per heavy atom. The number of hydrogen-bond acceptors (Lipinski definition) is 5. The maximum Gasteiger partial charge on any atom is 0.305 e. The van der Waals surface area contributed by atoms with Crippen LogP contribution in [0.2, 0.25) is 0 Å². The first-order valence-corrected chi connectivity index (χ1v) is 31.1. The Labute approximate surface area is 441 Å². The number of nitrogens with one attached hydrogen (secondary N) is 1. The van der Waals surface area contributed by atoms with Crippen molar-refractivity contribution in [3.05, 3.63) is 60.8 Å². The molecule has 0 aliphatic rings. The van der Waals surface area contributed by atoms with E-state index in [1.54, 1.807) is 6.08 Å². The van der Waals surface area contributed by atoms with E-state index in [2.05, 4.69) is 67.8 Å². The van der Waals surface area contributed by atoms with Crippen LogP contribution in [0.25, 0.3) is 0 Å². The number of aliphatic hydroxyl groups is 2. The Morgan fingerprint density at radius 3 is 1.08 bits per heavy atom. The number of allylic oxidation sites excluding steroid dienone is 9. The van der Waals surface area contributed by atoms with Gasteiger partial charge in [-0.05, 0) is 96.3 Å². The normalized spacial score (nSPS) is 13.0. The highest BCUT2D eigenvalue weighted by atomic mass is 16.5. The van der Waals surface area contributed by atoms with Crippen LogP contribution in [0.3, 0.4) is 0 Å². The zero-order valence-electron chi connectivity index (χ0n) is 47.2. The number of aliphatic hydroxyl groups excluding tert-OH is 2. The molecule has 0 bridgehead atoms. The van der Waals surface area contributed by atoms with E-state index in [1.165, 1.54) is 231 Å². The third-order valence-corrected chi connectivity index (χ3v) is 14.0. The predicted molar refractivity (Wildman–Crippen MR) is 310 cm³/mol. The molecule has 0 aromatic carbocycles. The summed E-state index contributed by atoms with van der Waals surface area (Å²) in [7, 11) is 0. The van der Waals surface area contributed by atoms with Gasteiger partial charge >= 0.3 is 5.97 Å². The number of amides is 1. The summed E-state index contributed by atoms with van der Waals surface area (Å²) in [4.78, 5) is 24.5. The van der Waals surface area contributed by atoms with Crippen LogP contribution in [0.15, 0.2) is 60.8 Å². The molecule has 0 saturated carbocycles. The fourth-order valence-electron chi connectivity index (χ4n) is 9.22. The van der Waals surface area contributed by atoms with Gasteiger partial charge in [0.1, 0.15) is 0 Å². The van der Waals surface area contributed by atoms with Gasteiger partial charge in [0.05, 0.1) is 25.4 Å². The van der Waals surface area contributed by atoms with E-state index in [9.17, 15) is 19.8 Å². The predicted octanol–water partition coefficient (Wildman–Crippen LogP) is 19.5. The minimum absolute atomic E-state index is 0.00557. The molecule has 0 aliphatic carbocycles. The average molecular weight is 995 g/mol. The molecule has 71 heavy (non-hydrogen) atoms. The van der Waals surface area contributed by atoms with Gasteiger partial charge in [-0.25, -0.2) is 0 Å². The van der Waals surface area contributed by atoms with E-state index in [0.29, 0.717) is 19.4 Å².